The molecule has 5 atom stereocenters. The first-order valence-electron chi connectivity index (χ1n) is 14.5. The van der Waals surface area contributed by atoms with Crippen LogP contribution in [0, 0.1) is 11.8 Å². The summed E-state index contributed by atoms with van der Waals surface area (Å²) in [5.41, 5.74) is 3.27. The lowest BCUT2D eigenvalue weighted by Gasteiger charge is -2.45. The Hall–Kier alpha value is -2.59. The van der Waals surface area contributed by atoms with E-state index in [-0.39, 0.29) is 22.8 Å². The van der Waals surface area contributed by atoms with Gasteiger partial charge < -0.3 is 14.7 Å². The Kier molecular flexibility index (Phi) is 7.59. The molecule has 8 nitrogen and oxygen atoms in total. The molecule has 10 heteroatoms. The standard InChI is InChI=1S/C31H38ClN3O5S/c1-20-5-3-7-28(36)25-11-8-23(25)17-35-18-31(14-4-6-21-15-24(32)10-12-26(21)31)19-40-29-13-9-22(16-27(29)35)30(37)33-41(38,39)34(20)2/h3,7,9-10,12-13,15-16,20,23,25,28,36H,4-6,8,11,14,17-19H2,1-2H3,(H,33,37)/b7-3+/t20-,23-,25+,28?,31-/m0/s1. The number of aliphatic hydroxyl groups is 1. The molecule has 1 spiro atoms. The average Bonchev–Trinajstić information content (AvgIpc) is 3.06. The lowest BCUT2D eigenvalue weighted by molar-refractivity contribution is 0.0456. The molecular weight excluding hydrogens is 562 g/mol. The number of nitrogens with zero attached hydrogens (tertiary/aromatic N) is 2. The third-order valence-corrected chi connectivity index (χ3v) is 11.5. The minimum atomic E-state index is -4.08. The number of fused-ring (bicyclic) bond motifs is 4. The molecule has 1 fully saturated rings. The summed E-state index contributed by atoms with van der Waals surface area (Å²) in [4.78, 5) is 15.6. The highest BCUT2D eigenvalue weighted by Crippen LogP contribution is 2.46. The monoisotopic (exact) mass is 599 g/mol. The van der Waals surface area contributed by atoms with Gasteiger partial charge in [-0.25, -0.2) is 4.72 Å². The summed E-state index contributed by atoms with van der Waals surface area (Å²) < 4.78 is 36.0. The van der Waals surface area contributed by atoms with Crippen molar-refractivity contribution in [1.82, 2.24) is 9.03 Å². The minimum Gasteiger partial charge on any atom is -0.490 e. The Bertz CT molecular complexity index is 1480. The molecule has 2 aliphatic heterocycles. The summed E-state index contributed by atoms with van der Waals surface area (Å²) in [6.07, 6.45) is 8.38. The molecule has 1 unspecified atom stereocenters. The van der Waals surface area contributed by atoms with Crippen molar-refractivity contribution in [3.63, 3.8) is 0 Å². The van der Waals surface area contributed by atoms with Crippen LogP contribution in [0.2, 0.25) is 5.02 Å². The van der Waals surface area contributed by atoms with Crippen LogP contribution in [0.3, 0.4) is 0 Å². The highest BCUT2D eigenvalue weighted by Gasteiger charge is 2.44. The summed E-state index contributed by atoms with van der Waals surface area (Å²) in [6, 6.07) is 10.9. The Morgan fingerprint density at radius 1 is 1.17 bits per heavy atom. The summed E-state index contributed by atoms with van der Waals surface area (Å²) in [7, 11) is -2.62. The number of rotatable bonds is 0. The number of aryl methyl sites for hydroxylation is 1. The predicted octanol–water partition coefficient (Wildman–Crippen LogP) is 4.46. The molecule has 6 rings (SSSR count). The van der Waals surface area contributed by atoms with Crippen LogP contribution in [0.15, 0.2) is 48.6 Å². The Morgan fingerprint density at radius 3 is 2.78 bits per heavy atom. The van der Waals surface area contributed by atoms with Crippen LogP contribution in [0.5, 0.6) is 5.75 Å². The smallest absolute Gasteiger partial charge is 0.304 e. The molecule has 2 heterocycles. The van der Waals surface area contributed by atoms with Crippen LogP contribution in [-0.4, -0.2) is 62.6 Å². The van der Waals surface area contributed by atoms with Crippen LogP contribution < -0.4 is 14.4 Å². The summed E-state index contributed by atoms with van der Waals surface area (Å²) in [5.74, 6) is 0.383. The number of amides is 1. The molecule has 4 aliphatic rings. The van der Waals surface area contributed by atoms with E-state index in [1.165, 1.54) is 18.2 Å². The van der Waals surface area contributed by atoms with E-state index in [0.717, 1.165) is 47.1 Å². The van der Waals surface area contributed by atoms with Crippen molar-refractivity contribution in [2.24, 2.45) is 11.8 Å². The number of nitrogens with one attached hydrogen (secondary N) is 1. The molecule has 2 aromatic rings. The molecule has 2 bridgehead atoms. The molecule has 1 amide bonds. The first-order valence-corrected chi connectivity index (χ1v) is 16.3. The van der Waals surface area contributed by atoms with E-state index in [1.807, 2.05) is 12.1 Å². The second-order valence-electron chi connectivity index (χ2n) is 12.2. The van der Waals surface area contributed by atoms with Gasteiger partial charge in [0.05, 0.1) is 18.4 Å². The number of hydrogen-bond acceptors (Lipinski definition) is 6. The average molecular weight is 600 g/mol. The van der Waals surface area contributed by atoms with Crippen molar-refractivity contribution in [3.05, 3.63) is 70.3 Å². The predicted molar refractivity (Wildman–Crippen MR) is 160 cm³/mol. The van der Waals surface area contributed by atoms with E-state index >= 15 is 0 Å². The highest BCUT2D eigenvalue weighted by molar-refractivity contribution is 7.87. The molecule has 220 valence electrons. The second-order valence-corrected chi connectivity index (χ2v) is 14.4. The van der Waals surface area contributed by atoms with Crippen LogP contribution in [0.25, 0.3) is 0 Å². The third kappa shape index (κ3) is 5.38. The Labute approximate surface area is 247 Å². The summed E-state index contributed by atoms with van der Waals surface area (Å²) in [6.45, 7) is 3.67. The molecule has 2 N–H and O–H groups in total. The van der Waals surface area contributed by atoms with Gasteiger partial charge >= 0.3 is 10.2 Å². The van der Waals surface area contributed by atoms with Crippen molar-refractivity contribution in [1.29, 1.82) is 0 Å². The van der Waals surface area contributed by atoms with E-state index in [4.69, 9.17) is 16.3 Å². The number of carbonyl (C=O) groups excluding carboxylic acids is 1. The lowest BCUT2D eigenvalue weighted by Crippen LogP contribution is -2.49. The SMILES string of the molecule is C[C@H]1C/C=C/C(O)[C@@H]2CC[C@H]2CN2C[C@@]3(CCCc4cc(Cl)ccc43)COc3ccc(cc32)C(=O)NS(=O)(=O)N1C. The Morgan fingerprint density at radius 2 is 2.00 bits per heavy atom. The fraction of sp³-hybridized carbons (Fsp3) is 0.516. The maximum atomic E-state index is 13.3. The maximum Gasteiger partial charge on any atom is 0.304 e. The van der Waals surface area contributed by atoms with Gasteiger partial charge in [-0.2, -0.15) is 12.7 Å². The van der Waals surface area contributed by atoms with E-state index in [1.54, 1.807) is 31.2 Å². The minimum absolute atomic E-state index is 0.114. The lowest BCUT2D eigenvalue weighted by atomic mass is 9.68. The van der Waals surface area contributed by atoms with Gasteiger partial charge in [-0.3, -0.25) is 4.79 Å². The number of ether oxygens (including phenoxy) is 1. The number of hydrogen-bond donors (Lipinski definition) is 2. The normalized spacial score (nSPS) is 32.5. The fourth-order valence-corrected chi connectivity index (χ4v) is 8.25. The molecule has 0 aromatic heterocycles. The Balaban J connectivity index is 1.42. The van der Waals surface area contributed by atoms with Crippen LogP contribution in [0.1, 0.15) is 60.5 Å². The number of aliphatic hydroxyl groups excluding tert-OH is 1. The van der Waals surface area contributed by atoms with Gasteiger partial charge in [-0.05, 0) is 98.7 Å². The quantitative estimate of drug-likeness (QED) is 0.434. The van der Waals surface area contributed by atoms with Crippen molar-refractivity contribution in [2.45, 2.75) is 63.0 Å². The summed E-state index contributed by atoms with van der Waals surface area (Å²) in [5, 5.41) is 11.8. The van der Waals surface area contributed by atoms with Crippen LogP contribution >= 0.6 is 11.6 Å². The second kappa shape index (κ2) is 10.9. The first kappa shape index (κ1) is 28.5. The van der Waals surface area contributed by atoms with Crippen LogP contribution in [-0.2, 0) is 22.0 Å². The molecule has 1 saturated carbocycles. The van der Waals surface area contributed by atoms with Crippen molar-refractivity contribution >= 4 is 33.4 Å². The van der Waals surface area contributed by atoms with Gasteiger partial charge in [0.25, 0.3) is 5.91 Å². The summed E-state index contributed by atoms with van der Waals surface area (Å²) >= 11 is 6.37. The van der Waals surface area contributed by atoms with Gasteiger partial charge in [-0.1, -0.05) is 29.8 Å². The molecule has 2 aliphatic carbocycles. The number of benzene rings is 2. The van der Waals surface area contributed by atoms with Crippen LogP contribution in [0.4, 0.5) is 5.69 Å². The van der Waals surface area contributed by atoms with Gasteiger partial charge in [0, 0.05) is 42.2 Å². The molecule has 2 aromatic carbocycles. The maximum absolute atomic E-state index is 13.3. The zero-order chi connectivity index (χ0) is 28.9. The molecule has 0 radical (unpaired) electrons. The highest BCUT2D eigenvalue weighted by atomic mass is 35.5. The molecule has 0 saturated heterocycles. The fourth-order valence-electron chi connectivity index (χ4n) is 7.00. The first-order chi connectivity index (χ1) is 19.6. The van der Waals surface area contributed by atoms with Gasteiger partial charge in [-0.15, -0.1) is 0 Å². The zero-order valence-corrected chi connectivity index (χ0v) is 25.1. The van der Waals surface area contributed by atoms with Crippen molar-refractivity contribution in [2.75, 3.05) is 31.6 Å². The number of halogens is 1. The van der Waals surface area contributed by atoms with E-state index in [2.05, 4.69) is 21.8 Å². The topological polar surface area (TPSA) is 99.2 Å². The largest absolute Gasteiger partial charge is 0.490 e. The van der Waals surface area contributed by atoms with Gasteiger partial charge in [0.15, 0.2) is 0 Å². The van der Waals surface area contributed by atoms with Gasteiger partial charge in [0.2, 0.25) is 0 Å². The zero-order valence-electron chi connectivity index (χ0n) is 23.6. The van der Waals surface area contributed by atoms with E-state index in [0.29, 0.717) is 31.9 Å². The molecular formula is C31H38ClN3O5S. The van der Waals surface area contributed by atoms with E-state index < -0.39 is 28.3 Å². The number of anilines is 1. The third-order valence-electron chi connectivity index (χ3n) is 9.70. The van der Waals surface area contributed by atoms with Crippen molar-refractivity contribution < 1.29 is 23.1 Å². The van der Waals surface area contributed by atoms with Crippen molar-refractivity contribution in [3.8, 4) is 5.75 Å². The van der Waals surface area contributed by atoms with Gasteiger partial charge in [0.1, 0.15) is 5.75 Å². The van der Waals surface area contributed by atoms with E-state index in [9.17, 15) is 18.3 Å². The molecule has 41 heavy (non-hydrogen) atoms. The number of carbonyl (C=O) groups is 1.